The third-order valence-corrected chi connectivity index (χ3v) is 3.18. The predicted molar refractivity (Wildman–Crippen MR) is 67.5 cm³/mol. The van der Waals surface area contributed by atoms with E-state index in [4.69, 9.17) is 0 Å². The van der Waals surface area contributed by atoms with Crippen LogP contribution >= 0.6 is 11.3 Å². The first kappa shape index (κ1) is 12.7. The normalized spacial score (nSPS) is 11.2. The van der Waals surface area contributed by atoms with E-state index in [1.165, 1.54) is 23.5 Å². The van der Waals surface area contributed by atoms with Crippen LogP contribution in [0.3, 0.4) is 0 Å². The summed E-state index contributed by atoms with van der Waals surface area (Å²) in [5, 5.41) is 6.79. The van der Waals surface area contributed by atoms with Crippen molar-refractivity contribution in [2.75, 3.05) is 13.1 Å². The average molecular weight is 226 g/mol. The van der Waals surface area contributed by atoms with Crippen LogP contribution in [0.15, 0.2) is 5.38 Å². The first-order chi connectivity index (χ1) is 7.18. The van der Waals surface area contributed by atoms with Crippen molar-refractivity contribution in [2.45, 2.75) is 40.0 Å². The van der Waals surface area contributed by atoms with E-state index in [-0.39, 0.29) is 0 Å². The topological polar surface area (TPSA) is 24.9 Å². The third-order valence-electron chi connectivity index (χ3n) is 2.36. The molecule has 0 saturated carbocycles. The largest absolute Gasteiger partial charge is 0.316 e. The number of rotatable bonds is 7. The van der Waals surface area contributed by atoms with Gasteiger partial charge in [0.15, 0.2) is 0 Å². The molecular weight excluding hydrogens is 204 g/mol. The Morgan fingerprint density at radius 2 is 2.20 bits per heavy atom. The summed E-state index contributed by atoms with van der Waals surface area (Å²) in [5.74, 6) is 0.827. The van der Waals surface area contributed by atoms with Crippen molar-refractivity contribution in [3.05, 3.63) is 16.1 Å². The van der Waals surface area contributed by atoms with Gasteiger partial charge in [-0.2, -0.15) is 0 Å². The lowest BCUT2D eigenvalue weighted by Gasteiger charge is -2.05. The maximum atomic E-state index is 4.44. The second-order valence-electron chi connectivity index (χ2n) is 4.39. The fourth-order valence-corrected chi connectivity index (χ4v) is 2.15. The third kappa shape index (κ3) is 5.90. The lowest BCUT2D eigenvalue weighted by Crippen LogP contribution is -2.19. The number of nitrogens with zero attached hydrogens (tertiary/aromatic N) is 1. The molecule has 1 N–H and O–H groups in total. The van der Waals surface area contributed by atoms with Crippen LogP contribution in [-0.4, -0.2) is 18.1 Å². The number of aromatic nitrogens is 1. The van der Waals surface area contributed by atoms with Crippen molar-refractivity contribution in [3.63, 3.8) is 0 Å². The zero-order chi connectivity index (χ0) is 11.1. The van der Waals surface area contributed by atoms with Crippen LogP contribution in [-0.2, 0) is 6.42 Å². The Labute approximate surface area is 97.1 Å². The molecule has 1 rings (SSSR count). The van der Waals surface area contributed by atoms with Crippen LogP contribution in [0.25, 0.3) is 0 Å². The Morgan fingerprint density at radius 3 is 2.80 bits per heavy atom. The molecule has 0 radical (unpaired) electrons. The molecule has 0 saturated heterocycles. The highest BCUT2D eigenvalue weighted by molar-refractivity contribution is 7.09. The Morgan fingerprint density at radius 1 is 1.40 bits per heavy atom. The van der Waals surface area contributed by atoms with Gasteiger partial charge in [0.25, 0.3) is 0 Å². The van der Waals surface area contributed by atoms with E-state index in [0.717, 1.165) is 25.4 Å². The highest BCUT2D eigenvalue weighted by atomic mass is 32.1. The van der Waals surface area contributed by atoms with Gasteiger partial charge in [-0.25, -0.2) is 4.98 Å². The van der Waals surface area contributed by atoms with Crippen molar-refractivity contribution >= 4 is 11.3 Å². The van der Waals surface area contributed by atoms with Gasteiger partial charge in [-0.3, -0.25) is 0 Å². The van der Waals surface area contributed by atoms with E-state index in [1.54, 1.807) is 11.3 Å². The van der Waals surface area contributed by atoms with Gasteiger partial charge in [0.1, 0.15) is 0 Å². The van der Waals surface area contributed by atoms with Gasteiger partial charge in [0.05, 0.1) is 10.7 Å². The molecule has 1 aromatic heterocycles. The van der Waals surface area contributed by atoms with E-state index >= 15 is 0 Å². The number of nitrogens with one attached hydrogen (secondary N) is 1. The molecule has 0 unspecified atom stereocenters. The lowest BCUT2D eigenvalue weighted by atomic mass is 10.1. The van der Waals surface area contributed by atoms with Crippen molar-refractivity contribution in [1.29, 1.82) is 0 Å². The summed E-state index contributed by atoms with van der Waals surface area (Å²) in [7, 11) is 0. The maximum Gasteiger partial charge on any atom is 0.0897 e. The average Bonchev–Trinajstić information content (AvgIpc) is 2.57. The van der Waals surface area contributed by atoms with E-state index in [9.17, 15) is 0 Å². The number of hydrogen-bond acceptors (Lipinski definition) is 3. The first-order valence-electron chi connectivity index (χ1n) is 5.80. The van der Waals surface area contributed by atoms with Gasteiger partial charge in [-0.15, -0.1) is 11.3 Å². The van der Waals surface area contributed by atoms with Crippen molar-refractivity contribution < 1.29 is 0 Å². The van der Waals surface area contributed by atoms with Crippen molar-refractivity contribution in [2.24, 2.45) is 5.92 Å². The fourth-order valence-electron chi connectivity index (χ4n) is 1.50. The highest BCUT2D eigenvalue weighted by Crippen LogP contribution is 2.07. The molecule has 15 heavy (non-hydrogen) atoms. The smallest absolute Gasteiger partial charge is 0.0897 e. The Kier molecular flexibility index (Phi) is 5.88. The Balaban J connectivity index is 1.98. The molecule has 0 aliphatic heterocycles. The van der Waals surface area contributed by atoms with E-state index in [1.807, 2.05) is 0 Å². The summed E-state index contributed by atoms with van der Waals surface area (Å²) in [4.78, 5) is 4.44. The van der Waals surface area contributed by atoms with E-state index < -0.39 is 0 Å². The molecule has 1 aromatic rings. The van der Waals surface area contributed by atoms with Crippen LogP contribution in [0, 0.1) is 12.8 Å². The maximum absolute atomic E-state index is 4.44. The number of thiazole rings is 1. The molecule has 0 aliphatic carbocycles. The van der Waals surface area contributed by atoms with Gasteiger partial charge in [0.2, 0.25) is 0 Å². The molecule has 0 aromatic carbocycles. The van der Waals surface area contributed by atoms with Gasteiger partial charge < -0.3 is 5.32 Å². The molecule has 0 aliphatic rings. The molecule has 0 spiro atoms. The van der Waals surface area contributed by atoms with Crippen LogP contribution in [0.5, 0.6) is 0 Å². The summed E-state index contributed by atoms with van der Waals surface area (Å²) < 4.78 is 0. The number of hydrogen-bond donors (Lipinski definition) is 1. The van der Waals surface area contributed by atoms with Crippen LogP contribution in [0.2, 0.25) is 0 Å². The highest BCUT2D eigenvalue weighted by Gasteiger charge is 1.97. The Hall–Kier alpha value is -0.410. The second kappa shape index (κ2) is 6.96. The quantitative estimate of drug-likeness (QED) is 0.723. The Bertz CT molecular complexity index is 268. The minimum atomic E-state index is 0.827. The minimum Gasteiger partial charge on any atom is -0.316 e. The van der Waals surface area contributed by atoms with Crippen LogP contribution in [0.1, 0.15) is 37.4 Å². The molecule has 3 heteroatoms. The van der Waals surface area contributed by atoms with E-state index in [0.29, 0.717) is 0 Å². The molecule has 1 heterocycles. The van der Waals surface area contributed by atoms with Gasteiger partial charge >= 0.3 is 0 Å². The molecular formula is C12H22N2S. The standard InChI is InChI=1S/C12H22N2S/c1-10(2)5-4-7-13-8-6-12-9-15-11(3)14-12/h9-10,13H,4-8H2,1-3H3. The zero-order valence-electron chi connectivity index (χ0n) is 10.0. The first-order valence-corrected chi connectivity index (χ1v) is 6.68. The monoisotopic (exact) mass is 226 g/mol. The minimum absolute atomic E-state index is 0.827. The van der Waals surface area contributed by atoms with Gasteiger partial charge in [-0.05, 0) is 32.2 Å². The molecule has 0 fully saturated rings. The summed E-state index contributed by atoms with van der Waals surface area (Å²) in [6.45, 7) is 8.81. The molecule has 86 valence electrons. The fraction of sp³-hybridized carbons (Fsp3) is 0.750. The zero-order valence-corrected chi connectivity index (χ0v) is 10.9. The van der Waals surface area contributed by atoms with Crippen LogP contribution < -0.4 is 5.32 Å². The SMILES string of the molecule is Cc1nc(CCNCCCC(C)C)cs1. The summed E-state index contributed by atoms with van der Waals surface area (Å²) >= 11 is 1.74. The van der Waals surface area contributed by atoms with E-state index in [2.05, 4.69) is 36.5 Å². The number of aryl methyl sites for hydroxylation is 1. The summed E-state index contributed by atoms with van der Waals surface area (Å²) in [6, 6.07) is 0. The molecule has 0 bridgehead atoms. The van der Waals surface area contributed by atoms with Gasteiger partial charge in [-0.1, -0.05) is 13.8 Å². The molecule has 0 amide bonds. The molecule has 2 nitrogen and oxygen atoms in total. The van der Waals surface area contributed by atoms with Gasteiger partial charge in [0, 0.05) is 18.3 Å². The van der Waals surface area contributed by atoms with Crippen molar-refractivity contribution in [3.8, 4) is 0 Å². The second-order valence-corrected chi connectivity index (χ2v) is 5.46. The molecule has 0 atom stereocenters. The lowest BCUT2D eigenvalue weighted by molar-refractivity contribution is 0.528. The van der Waals surface area contributed by atoms with Crippen LogP contribution in [0.4, 0.5) is 0 Å². The summed E-state index contributed by atoms with van der Waals surface area (Å²) in [5.41, 5.74) is 1.23. The predicted octanol–water partition coefficient (Wildman–Crippen LogP) is 3.02. The summed E-state index contributed by atoms with van der Waals surface area (Å²) in [6.07, 6.45) is 3.67. The van der Waals surface area contributed by atoms with Crippen molar-refractivity contribution in [1.82, 2.24) is 10.3 Å².